The van der Waals surface area contributed by atoms with E-state index in [1.165, 1.54) is 0 Å². The number of anilines is 1. The summed E-state index contributed by atoms with van der Waals surface area (Å²) >= 11 is 0. The number of rotatable bonds is 6. The summed E-state index contributed by atoms with van der Waals surface area (Å²) in [5, 5.41) is 31.1. The molecule has 30 heavy (non-hydrogen) atoms. The second-order valence-corrected chi connectivity index (χ2v) is 6.79. The van der Waals surface area contributed by atoms with Crippen molar-refractivity contribution in [1.29, 1.82) is 0 Å². The molecule has 0 aliphatic carbocycles. The van der Waals surface area contributed by atoms with Gasteiger partial charge in [-0.15, -0.1) is 10.2 Å². The predicted octanol–water partition coefficient (Wildman–Crippen LogP) is 0.515. The highest BCUT2D eigenvalue weighted by atomic mass is 16.4. The Morgan fingerprint density at radius 1 is 1.13 bits per heavy atom. The number of amides is 1. The molecule has 4 aromatic rings. The van der Waals surface area contributed by atoms with Gasteiger partial charge in [-0.1, -0.05) is 42.5 Å². The molecule has 5 N–H and O–H groups in total. The third-order valence-corrected chi connectivity index (χ3v) is 4.75. The Bertz CT molecular complexity index is 1230. The number of benzene rings is 2. The van der Waals surface area contributed by atoms with Crippen molar-refractivity contribution in [2.24, 2.45) is 5.73 Å². The molecule has 0 unspecified atom stereocenters. The molecule has 0 aliphatic heterocycles. The summed E-state index contributed by atoms with van der Waals surface area (Å²) in [4.78, 5) is 16.3. The van der Waals surface area contributed by atoms with Gasteiger partial charge in [0.15, 0.2) is 11.5 Å². The number of nitrogens with two attached hydrogens (primary N) is 1. The average Bonchev–Trinajstić information content (AvgIpc) is 3.08. The summed E-state index contributed by atoms with van der Waals surface area (Å²) in [6.07, 6.45) is 0. The standard InChI is InChI=1S/C20H19BN6O3/c1-12-10-14-15(21(29)30)8-5-9-16(14)27(12)20-24-19(17(18(22)28)25-26-20)23-11-13-6-3-2-4-7-13/h2-10,29-30H,11H2,1H3,(H2,22,28)(H,23,24,26). The molecular weight excluding hydrogens is 383 g/mol. The van der Waals surface area contributed by atoms with Crippen LogP contribution in [0, 0.1) is 6.92 Å². The Kier molecular flexibility index (Phi) is 5.17. The first-order chi connectivity index (χ1) is 14.5. The van der Waals surface area contributed by atoms with Crippen molar-refractivity contribution >= 4 is 35.2 Å². The van der Waals surface area contributed by atoms with Crippen molar-refractivity contribution in [1.82, 2.24) is 19.7 Å². The minimum absolute atomic E-state index is 0.0599. The van der Waals surface area contributed by atoms with E-state index in [0.29, 0.717) is 22.9 Å². The number of hydrogen-bond acceptors (Lipinski definition) is 7. The van der Waals surface area contributed by atoms with Gasteiger partial charge in [-0.05, 0) is 30.1 Å². The van der Waals surface area contributed by atoms with Crippen LogP contribution in [-0.2, 0) is 6.54 Å². The third-order valence-electron chi connectivity index (χ3n) is 4.75. The lowest BCUT2D eigenvalue weighted by Crippen LogP contribution is -2.30. The van der Waals surface area contributed by atoms with Gasteiger partial charge >= 0.3 is 7.12 Å². The number of primary amides is 1. The van der Waals surface area contributed by atoms with Crippen molar-refractivity contribution in [3.63, 3.8) is 0 Å². The zero-order valence-corrected chi connectivity index (χ0v) is 16.1. The van der Waals surface area contributed by atoms with Gasteiger partial charge in [0.05, 0.1) is 5.52 Å². The summed E-state index contributed by atoms with van der Waals surface area (Å²) < 4.78 is 1.73. The van der Waals surface area contributed by atoms with E-state index in [0.717, 1.165) is 11.3 Å². The second-order valence-electron chi connectivity index (χ2n) is 6.79. The SMILES string of the molecule is Cc1cc2c(B(O)O)cccc2n1-c1nnc(C(N)=O)c(NCc2ccccc2)n1. The molecule has 2 heterocycles. The van der Waals surface area contributed by atoms with Crippen LogP contribution in [0.2, 0.25) is 0 Å². The van der Waals surface area contributed by atoms with Crippen LogP contribution in [0.1, 0.15) is 21.7 Å². The first-order valence-electron chi connectivity index (χ1n) is 9.25. The number of carbonyl (C=O) groups is 1. The van der Waals surface area contributed by atoms with Gasteiger partial charge in [0, 0.05) is 17.6 Å². The Balaban J connectivity index is 1.79. The molecule has 0 spiro atoms. The van der Waals surface area contributed by atoms with Crippen LogP contribution in [-0.4, -0.2) is 42.8 Å². The molecule has 1 amide bonds. The molecular formula is C20H19BN6O3. The number of nitrogens with zero attached hydrogens (tertiary/aromatic N) is 4. The Morgan fingerprint density at radius 2 is 1.90 bits per heavy atom. The smallest absolute Gasteiger partial charge is 0.423 e. The van der Waals surface area contributed by atoms with Crippen molar-refractivity contribution in [2.45, 2.75) is 13.5 Å². The van der Waals surface area contributed by atoms with E-state index in [1.807, 2.05) is 49.4 Å². The molecule has 4 rings (SSSR count). The van der Waals surface area contributed by atoms with Crippen molar-refractivity contribution < 1.29 is 14.8 Å². The van der Waals surface area contributed by atoms with E-state index in [2.05, 4.69) is 20.5 Å². The topological polar surface area (TPSA) is 139 Å². The Morgan fingerprint density at radius 3 is 2.60 bits per heavy atom. The van der Waals surface area contributed by atoms with Gasteiger partial charge in [0.2, 0.25) is 0 Å². The first kappa shape index (κ1) is 19.6. The van der Waals surface area contributed by atoms with Gasteiger partial charge in [-0.2, -0.15) is 4.98 Å². The molecule has 2 aromatic carbocycles. The van der Waals surface area contributed by atoms with Crippen LogP contribution in [0.4, 0.5) is 5.82 Å². The quantitative estimate of drug-likeness (QED) is 0.345. The van der Waals surface area contributed by atoms with E-state index in [4.69, 9.17) is 5.73 Å². The van der Waals surface area contributed by atoms with Crippen LogP contribution < -0.4 is 16.5 Å². The normalized spacial score (nSPS) is 10.9. The lowest BCUT2D eigenvalue weighted by atomic mass is 9.78. The number of aromatic nitrogens is 4. The van der Waals surface area contributed by atoms with E-state index < -0.39 is 13.0 Å². The minimum atomic E-state index is -1.61. The number of carbonyl (C=O) groups excluding carboxylic acids is 1. The van der Waals surface area contributed by atoms with Crippen molar-refractivity contribution in [2.75, 3.05) is 5.32 Å². The Hall–Kier alpha value is -3.76. The van der Waals surface area contributed by atoms with E-state index >= 15 is 0 Å². The molecule has 10 heteroatoms. The summed E-state index contributed by atoms with van der Waals surface area (Å²) in [7, 11) is -1.61. The monoisotopic (exact) mass is 402 g/mol. The van der Waals surface area contributed by atoms with Gasteiger partial charge in [0.1, 0.15) is 0 Å². The summed E-state index contributed by atoms with van der Waals surface area (Å²) in [6, 6.07) is 16.6. The fraction of sp³-hybridized carbons (Fsp3) is 0.100. The third kappa shape index (κ3) is 3.61. The number of aryl methyl sites for hydroxylation is 1. The molecule has 0 radical (unpaired) electrons. The highest BCUT2D eigenvalue weighted by molar-refractivity contribution is 6.61. The maximum atomic E-state index is 11.8. The highest BCUT2D eigenvalue weighted by Gasteiger charge is 2.21. The van der Waals surface area contributed by atoms with Gasteiger partial charge in [-0.3, -0.25) is 9.36 Å². The molecule has 150 valence electrons. The molecule has 0 saturated heterocycles. The van der Waals surface area contributed by atoms with Crippen LogP contribution in [0.25, 0.3) is 16.9 Å². The predicted molar refractivity (Wildman–Crippen MR) is 114 cm³/mol. The maximum Gasteiger partial charge on any atom is 0.489 e. The molecule has 2 aromatic heterocycles. The van der Waals surface area contributed by atoms with Crippen LogP contribution in [0.3, 0.4) is 0 Å². The van der Waals surface area contributed by atoms with Crippen LogP contribution >= 0.6 is 0 Å². The highest BCUT2D eigenvalue weighted by Crippen LogP contribution is 2.22. The average molecular weight is 402 g/mol. The number of fused-ring (bicyclic) bond motifs is 1. The maximum absolute atomic E-state index is 11.8. The fourth-order valence-electron chi connectivity index (χ4n) is 3.36. The van der Waals surface area contributed by atoms with Gasteiger partial charge < -0.3 is 21.1 Å². The van der Waals surface area contributed by atoms with Crippen LogP contribution in [0.5, 0.6) is 0 Å². The van der Waals surface area contributed by atoms with E-state index in [1.54, 1.807) is 16.7 Å². The molecule has 9 nitrogen and oxygen atoms in total. The molecule has 0 aliphatic rings. The summed E-state index contributed by atoms with van der Waals surface area (Å²) in [5.74, 6) is -0.291. The fourth-order valence-corrected chi connectivity index (χ4v) is 3.36. The second kappa shape index (κ2) is 7.93. The van der Waals surface area contributed by atoms with E-state index in [-0.39, 0.29) is 17.5 Å². The minimum Gasteiger partial charge on any atom is -0.423 e. The lowest BCUT2D eigenvalue weighted by Gasteiger charge is -2.12. The molecule has 0 fully saturated rings. The summed E-state index contributed by atoms with van der Waals surface area (Å²) in [6.45, 7) is 2.27. The molecule has 0 atom stereocenters. The number of hydrogen-bond donors (Lipinski definition) is 4. The molecule has 0 saturated carbocycles. The van der Waals surface area contributed by atoms with Gasteiger partial charge in [-0.25, -0.2) is 0 Å². The molecule has 0 bridgehead atoms. The summed E-state index contributed by atoms with van der Waals surface area (Å²) in [5.41, 5.74) is 8.20. The van der Waals surface area contributed by atoms with Crippen molar-refractivity contribution in [3.8, 4) is 5.95 Å². The number of nitrogens with one attached hydrogen (secondary N) is 1. The van der Waals surface area contributed by atoms with Crippen LogP contribution in [0.15, 0.2) is 54.6 Å². The van der Waals surface area contributed by atoms with Gasteiger partial charge in [0.25, 0.3) is 11.9 Å². The van der Waals surface area contributed by atoms with E-state index in [9.17, 15) is 14.8 Å². The first-order valence-corrected chi connectivity index (χ1v) is 9.25. The largest absolute Gasteiger partial charge is 0.489 e. The Labute approximate surface area is 172 Å². The lowest BCUT2D eigenvalue weighted by molar-refractivity contribution is 0.0995. The zero-order chi connectivity index (χ0) is 21.3. The van der Waals surface area contributed by atoms with Crippen molar-refractivity contribution in [3.05, 3.63) is 71.5 Å². The zero-order valence-electron chi connectivity index (χ0n) is 16.1.